The van der Waals surface area contributed by atoms with Crippen LogP contribution in [0.1, 0.15) is 31.2 Å². The van der Waals surface area contributed by atoms with Gasteiger partial charge >= 0.3 is 0 Å². The molecule has 24 heavy (non-hydrogen) atoms. The Balaban J connectivity index is 1.34. The average Bonchev–Trinajstić information content (AvgIpc) is 3.11. The summed E-state index contributed by atoms with van der Waals surface area (Å²) in [6.45, 7) is 3.06. The van der Waals surface area contributed by atoms with Gasteiger partial charge in [-0.25, -0.2) is 4.39 Å². The minimum Gasteiger partial charge on any atom is -0.376 e. The van der Waals surface area contributed by atoms with Crippen LogP contribution in [0.5, 0.6) is 0 Å². The molecular weight excluding hydrogens is 309 g/mol. The maximum atomic E-state index is 12.9. The predicted molar refractivity (Wildman–Crippen MR) is 89.2 cm³/mol. The lowest BCUT2D eigenvalue weighted by Crippen LogP contribution is -2.41. The van der Waals surface area contributed by atoms with Gasteiger partial charge in [0.2, 0.25) is 5.91 Å². The van der Waals surface area contributed by atoms with Crippen LogP contribution in [0.2, 0.25) is 0 Å². The molecule has 1 amide bonds. The molecule has 2 heterocycles. The molecule has 0 aromatic heterocycles. The third kappa shape index (κ3) is 5.02. The fraction of sp³-hybridized carbons (Fsp3) is 0.632. The lowest BCUT2D eigenvalue weighted by molar-refractivity contribution is -0.138. The molecule has 1 unspecified atom stereocenters. The topological polar surface area (TPSA) is 38.8 Å². The molecule has 0 bridgehead atoms. The standard InChI is InChI=1S/C19H26FNO3/c20-17-5-3-15(4-6-17)12-16-7-9-21(10-8-16)19(22)14-23-13-18-2-1-11-24-18/h3-6,16,18H,1-2,7-14H2. The molecule has 3 rings (SSSR count). The molecule has 2 aliphatic heterocycles. The van der Waals surface area contributed by atoms with Gasteiger partial charge in [-0.2, -0.15) is 0 Å². The number of halogens is 1. The van der Waals surface area contributed by atoms with E-state index in [9.17, 15) is 9.18 Å². The van der Waals surface area contributed by atoms with Gasteiger partial charge in [-0.05, 0) is 55.7 Å². The number of carbonyl (C=O) groups is 1. The Labute approximate surface area is 142 Å². The van der Waals surface area contributed by atoms with Gasteiger partial charge in [0, 0.05) is 19.7 Å². The summed E-state index contributed by atoms with van der Waals surface area (Å²) in [7, 11) is 0. The van der Waals surface area contributed by atoms with Crippen LogP contribution in [0.4, 0.5) is 4.39 Å². The monoisotopic (exact) mass is 335 g/mol. The lowest BCUT2D eigenvalue weighted by atomic mass is 9.90. The van der Waals surface area contributed by atoms with E-state index in [0.717, 1.165) is 51.8 Å². The number of benzene rings is 1. The first-order chi connectivity index (χ1) is 11.7. The van der Waals surface area contributed by atoms with E-state index in [0.29, 0.717) is 12.5 Å². The van der Waals surface area contributed by atoms with Gasteiger partial charge in [0.05, 0.1) is 12.7 Å². The van der Waals surface area contributed by atoms with Crippen LogP contribution in [0.3, 0.4) is 0 Å². The summed E-state index contributed by atoms with van der Waals surface area (Å²) in [4.78, 5) is 14.1. The van der Waals surface area contributed by atoms with Gasteiger partial charge in [0.1, 0.15) is 12.4 Å². The number of likely N-dealkylation sites (tertiary alicyclic amines) is 1. The molecule has 2 aliphatic rings. The molecule has 0 saturated carbocycles. The van der Waals surface area contributed by atoms with Gasteiger partial charge in [0.15, 0.2) is 0 Å². The van der Waals surface area contributed by atoms with Crippen molar-refractivity contribution in [1.29, 1.82) is 0 Å². The lowest BCUT2D eigenvalue weighted by Gasteiger charge is -2.32. The van der Waals surface area contributed by atoms with E-state index in [-0.39, 0.29) is 24.4 Å². The van der Waals surface area contributed by atoms with E-state index in [1.807, 2.05) is 17.0 Å². The number of nitrogens with zero attached hydrogens (tertiary/aromatic N) is 1. The summed E-state index contributed by atoms with van der Waals surface area (Å²) in [6.07, 6.45) is 5.23. The molecule has 1 aromatic carbocycles. The molecule has 2 saturated heterocycles. The fourth-order valence-corrected chi connectivity index (χ4v) is 3.49. The van der Waals surface area contributed by atoms with Crippen LogP contribution in [0.25, 0.3) is 0 Å². The SMILES string of the molecule is O=C(COCC1CCCO1)N1CCC(Cc2ccc(F)cc2)CC1. The van der Waals surface area contributed by atoms with Crippen molar-refractivity contribution in [2.24, 2.45) is 5.92 Å². The Morgan fingerprint density at radius 1 is 1.21 bits per heavy atom. The third-order valence-electron chi connectivity index (χ3n) is 4.96. The predicted octanol–water partition coefficient (Wildman–Crippen LogP) is 2.80. The van der Waals surface area contributed by atoms with Crippen LogP contribution in [0, 0.1) is 11.7 Å². The summed E-state index contributed by atoms with van der Waals surface area (Å²) >= 11 is 0. The summed E-state index contributed by atoms with van der Waals surface area (Å²) in [6, 6.07) is 6.73. The van der Waals surface area contributed by atoms with Crippen molar-refractivity contribution in [3.63, 3.8) is 0 Å². The molecule has 1 atom stereocenters. The highest BCUT2D eigenvalue weighted by Gasteiger charge is 2.23. The number of amides is 1. The summed E-state index contributed by atoms with van der Waals surface area (Å²) in [5.41, 5.74) is 1.17. The van der Waals surface area contributed by atoms with Crippen molar-refractivity contribution in [2.45, 2.75) is 38.2 Å². The summed E-state index contributed by atoms with van der Waals surface area (Å²) < 4.78 is 23.9. The van der Waals surface area contributed by atoms with Crippen LogP contribution in [-0.4, -0.2) is 49.8 Å². The minimum absolute atomic E-state index is 0.0771. The highest BCUT2D eigenvalue weighted by molar-refractivity contribution is 5.77. The molecule has 4 nitrogen and oxygen atoms in total. The van der Waals surface area contributed by atoms with Crippen LogP contribution < -0.4 is 0 Å². The van der Waals surface area contributed by atoms with E-state index in [2.05, 4.69) is 0 Å². The maximum Gasteiger partial charge on any atom is 0.248 e. The number of carbonyl (C=O) groups excluding carboxylic acids is 1. The Morgan fingerprint density at radius 3 is 2.62 bits per heavy atom. The van der Waals surface area contributed by atoms with E-state index in [4.69, 9.17) is 9.47 Å². The van der Waals surface area contributed by atoms with Crippen molar-refractivity contribution in [2.75, 3.05) is 32.9 Å². The molecule has 2 fully saturated rings. The third-order valence-corrected chi connectivity index (χ3v) is 4.96. The number of rotatable bonds is 6. The second-order valence-electron chi connectivity index (χ2n) is 6.80. The molecule has 0 spiro atoms. The molecule has 1 aromatic rings. The Kier molecular flexibility index (Phi) is 6.21. The van der Waals surface area contributed by atoms with E-state index in [1.165, 1.54) is 17.7 Å². The summed E-state index contributed by atoms with van der Waals surface area (Å²) in [5, 5.41) is 0. The van der Waals surface area contributed by atoms with Crippen molar-refractivity contribution in [3.8, 4) is 0 Å². The molecule has 0 aliphatic carbocycles. The first kappa shape index (κ1) is 17.4. The fourth-order valence-electron chi connectivity index (χ4n) is 3.49. The van der Waals surface area contributed by atoms with Crippen molar-refractivity contribution in [1.82, 2.24) is 4.90 Å². The minimum atomic E-state index is -0.192. The van der Waals surface area contributed by atoms with Gasteiger partial charge in [0.25, 0.3) is 0 Å². The zero-order valence-corrected chi connectivity index (χ0v) is 14.1. The van der Waals surface area contributed by atoms with E-state index in [1.54, 1.807) is 0 Å². The van der Waals surface area contributed by atoms with Crippen LogP contribution in [-0.2, 0) is 20.7 Å². The second kappa shape index (κ2) is 8.58. The first-order valence-corrected chi connectivity index (χ1v) is 8.92. The zero-order chi connectivity index (χ0) is 16.8. The number of piperidine rings is 1. The van der Waals surface area contributed by atoms with Crippen LogP contribution in [0.15, 0.2) is 24.3 Å². The molecule has 5 heteroatoms. The average molecular weight is 335 g/mol. The normalized spacial score (nSPS) is 22.0. The largest absolute Gasteiger partial charge is 0.376 e. The van der Waals surface area contributed by atoms with Crippen LogP contribution >= 0.6 is 0 Å². The van der Waals surface area contributed by atoms with Crippen molar-refractivity contribution < 1.29 is 18.7 Å². The molecule has 0 radical (unpaired) electrons. The second-order valence-corrected chi connectivity index (χ2v) is 6.80. The highest BCUT2D eigenvalue weighted by atomic mass is 19.1. The maximum absolute atomic E-state index is 12.9. The first-order valence-electron chi connectivity index (χ1n) is 8.92. The summed E-state index contributed by atoms with van der Waals surface area (Å²) in [5.74, 6) is 0.447. The number of hydrogen-bond donors (Lipinski definition) is 0. The smallest absolute Gasteiger partial charge is 0.248 e. The zero-order valence-electron chi connectivity index (χ0n) is 14.1. The van der Waals surface area contributed by atoms with Gasteiger partial charge in [-0.15, -0.1) is 0 Å². The quantitative estimate of drug-likeness (QED) is 0.802. The van der Waals surface area contributed by atoms with Gasteiger partial charge in [-0.1, -0.05) is 12.1 Å². The Hall–Kier alpha value is -1.46. The Morgan fingerprint density at radius 2 is 1.96 bits per heavy atom. The molecule has 0 N–H and O–H groups in total. The number of ether oxygens (including phenoxy) is 2. The number of hydrogen-bond acceptors (Lipinski definition) is 3. The van der Waals surface area contributed by atoms with Gasteiger partial charge < -0.3 is 14.4 Å². The van der Waals surface area contributed by atoms with E-state index >= 15 is 0 Å². The van der Waals surface area contributed by atoms with E-state index < -0.39 is 0 Å². The van der Waals surface area contributed by atoms with Crippen molar-refractivity contribution >= 4 is 5.91 Å². The Bertz CT molecular complexity index is 520. The van der Waals surface area contributed by atoms with Gasteiger partial charge in [-0.3, -0.25) is 4.79 Å². The highest BCUT2D eigenvalue weighted by Crippen LogP contribution is 2.22. The molecule has 132 valence electrons. The van der Waals surface area contributed by atoms with Crippen molar-refractivity contribution in [3.05, 3.63) is 35.6 Å². The molecular formula is C19H26FNO3.